The maximum atomic E-state index is 4.29. The van der Waals surface area contributed by atoms with Crippen molar-refractivity contribution in [3.63, 3.8) is 0 Å². The summed E-state index contributed by atoms with van der Waals surface area (Å²) in [5, 5.41) is 0. The first kappa shape index (κ1) is 10.7. The minimum Gasteiger partial charge on any atom is -0.165 e. The van der Waals surface area contributed by atoms with Gasteiger partial charge in [-0.3, -0.25) is 0 Å². The predicted molar refractivity (Wildman–Crippen MR) is 55.0 cm³/mol. The van der Waals surface area contributed by atoms with Crippen LogP contribution in [0.2, 0.25) is 0 Å². The summed E-state index contributed by atoms with van der Waals surface area (Å²) in [5.74, 6) is 1.28. The highest BCUT2D eigenvalue weighted by atomic mass is 32.2. The zero-order chi connectivity index (χ0) is 7.82. The van der Waals surface area contributed by atoms with Gasteiger partial charge in [0.15, 0.2) is 0 Å². The van der Waals surface area contributed by atoms with E-state index in [-0.39, 0.29) is 0 Å². The summed E-state index contributed by atoms with van der Waals surface area (Å²) in [4.78, 5) is 0. The summed E-state index contributed by atoms with van der Waals surface area (Å²) in [6, 6.07) is 0. The van der Waals surface area contributed by atoms with Gasteiger partial charge < -0.3 is 0 Å². The summed E-state index contributed by atoms with van der Waals surface area (Å²) >= 11 is 6.23. The molecule has 0 aromatic heterocycles. The van der Waals surface area contributed by atoms with E-state index in [2.05, 4.69) is 26.5 Å². The number of hydrogen-bond acceptors (Lipinski definition) is 2. The van der Waals surface area contributed by atoms with Crippen LogP contribution >= 0.6 is 24.4 Å². The van der Waals surface area contributed by atoms with Crippen molar-refractivity contribution in [2.75, 3.05) is 5.75 Å². The van der Waals surface area contributed by atoms with Gasteiger partial charge in [0.2, 0.25) is 0 Å². The number of unbranched alkanes of at least 4 members (excludes halogenated alkanes) is 3. The minimum atomic E-state index is 0.515. The third-order valence-corrected chi connectivity index (χ3v) is 2.81. The van der Waals surface area contributed by atoms with E-state index in [1.165, 1.54) is 31.4 Å². The van der Waals surface area contributed by atoms with E-state index in [0.717, 1.165) is 0 Å². The molecule has 0 aromatic carbocycles. The monoisotopic (exact) mass is 178 g/mol. The van der Waals surface area contributed by atoms with E-state index in [1.807, 2.05) is 11.8 Å². The Labute approximate surface area is 74.6 Å². The Hall–Kier alpha value is 0.700. The number of thioether (sulfide) groups is 1. The first-order valence-electron chi connectivity index (χ1n) is 4.07. The molecule has 0 saturated carbocycles. The lowest BCUT2D eigenvalue weighted by Gasteiger charge is -2.02. The molecule has 2 heteroatoms. The smallest absolute Gasteiger partial charge is 0.0444 e. The summed E-state index contributed by atoms with van der Waals surface area (Å²) in [7, 11) is 0. The van der Waals surface area contributed by atoms with Gasteiger partial charge in [0.25, 0.3) is 0 Å². The first-order valence-corrected chi connectivity index (χ1v) is 5.63. The standard InChI is InChI=1S/C8H18S2/c1-3-4-5-6-7-10-8(2)9/h8-9H,3-7H2,1-2H3. The van der Waals surface area contributed by atoms with Crippen LogP contribution in [0.4, 0.5) is 0 Å². The van der Waals surface area contributed by atoms with Crippen molar-refractivity contribution in [1.29, 1.82) is 0 Å². The fourth-order valence-electron chi connectivity index (χ4n) is 0.783. The zero-order valence-corrected chi connectivity index (χ0v) is 8.68. The molecule has 0 nitrogen and oxygen atoms in total. The highest BCUT2D eigenvalue weighted by molar-refractivity contribution is 8.10. The van der Waals surface area contributed by atoms with Crippen molar-refractivity contribution in [3.05, 3.63) is 0 Å². The second-order valence-electron chi connectivity index (χ2n) is 2.53. The first-order chi connectivity index (χ1) is 4.77. The average Bonchev–Trinajstić information content (AvgIpc) is 1.87. The second kappa shape index (κ2) is 7.80. The lowest BCUT2D eigenvalue weighted by Crippen LogP contribution is -1.86. The fourth-order valence-corrected chi connectivity index (χ4v) is 1.81. The quantitative estimate of drug-likeness (QED) is 0.368. The lowest BCUT2D eigenvalue weighted by molar-refractivity contribution is 0.706. The van der Waals surface area contributed by atoms with Crippen LogP contribution in [0.3, 0.4) is 0 Å². The molecule has 0 aromatic rings. The average molecular weight is 178 g/mol. The fraction of sp³-hybridized carbons (Fsp3) is 1.00. The van der Waals surface area contributed by atoms with E-state index < -0.39 is 0 Å². The maximum Gasteiger partial charge on any atom is 0.0444 e. The van der Waals surface area contributed by atoms with E-state index in [9.17, 15) is 0 Å². The van der Waals surface area contributed by atoms with Gasteiger partial charge in [0.1, 0.15) is 0 Å². The van der Waals surface area contributed by atoms with Gasteiger partial charge >= 0.3 is 0 Å². The normalized spacial score (nSPS) is 13.5. The molecule has 0 N–H and O–H groups in total. The topological polar surface area (TPSA) is 0 Å². The molecule has 0 spiro atoms. The Kier molecular flexibility index (Phi) is 8.35. The Bertz CT molecular complexity index is 62.3. The van der Waals surface area contributed by atoms with E-state index >= 15 is 0 Å². The van der Waals surface area contributed by atoms with Crippen molar-refractivity contribution >= 4 is 24.4 Å². The van der Waals surface area contributed by atoms with Gasteiger partial charge in [0.05, 0.1) is 0 Å². The van der Waals surface area contributed by atoms with Crippen LogP contribution in [0.5, 0.6) is 0 Å². The molecule has 0 rings (SSSR count). The molecule has 62 valence electrons. The molecule has 0 fully saturated rings. The summed E-state index contributed by atoms with van der Waals surface area (Å²) in [5.41, 5.74) is 0. The van der Waals surface area contributed by atoms with Crippen LogP contribution in [0.1, 0.15) is 39.5 Å². The Morgan fingerprint density at radius 2 is 2.00 bits per heavy atom. The molecule has 0 saturated heterocycles. The molecule has 0 aliphatic heterocycles. The largest absolute Gasteiger partial charge is 0.165 e. The molecule has 1 atom stereocenters. The van der Waals surface area contributed by atoms with Crippen molar-refractivity contribution in [1.82, 2.24) is 0 Å². The van der Waals surface area contributed by atoms with Gasteiger partial charge in [-0.1, -0.05) is 26.2 Å². The van der Waals surface area contributed by atoms with Crippen LogP contribution in [0.15, 0.2) is 0 Å². The van der Waals surface area contributed by atoms with E-state index in [0.29, 0.717) is 4.58 Å². The minimum absolute atomic E-state index is 0.515. The van der Waals surface area contributed by atoms with Gasteiger partial charge in [-0.2, -0.15) is 12.6 Å². The van der Waals surface area contributed by atoms with Crippen molar-refractivity contribution in [2.45, 2.75) is 44.1 Å². The second-order valence-corrected chi connectivity index (χ2v) is 5.10. The van der Waals surface area contributed by atoms with Crippen molar-refractivity contribution in [2.24, 2.45) is 0 Å². The van der Waals surface area contributed by atoms with Crippen molar-refractivity contribution < 1.29 is 0 Å². The molecule has 0 amide bonds. The van der Waals surface area contributed by atoms with Crippen LogP contribution in [0, 0.1) is 0 Å². The summed E-state index contributed by atoms with van der Waals surface area (Å²) in [6.45, 7) is 4.38. The Morgan fingerprint density at radius 3 is 2.50 bits per heavy atom. The molecule has 0 radical (unpaired) electrons. The molecule has 0 aliphatic rings. The van der Waals surface area contributed by atoms with Gasteiger partial charge in [-0.15, -0.1) is 11.8 Å². The number of thiol groups is 1. The predicted octanol–water partition coefficient (Wildman–Crippen LogP) is 3.58. The third kappa shape index (κ3) is 8.70. The van der Waals surface area contributed by atoms with Gasteiger partial charge in [-0.25, -0.2) is 0 Å². The third-order valence-electron chi connectivity index (χ3n) is 1.36. The van der Waals surface area contributed by atoms with Crippen LogP contribution in [-0.4, -0.2) is 10.3 Å². The van der Waals surface area contributed by atoms with Crippen LogP contribution in [0.25, 0.3) is 0 Å². The highest BCUT2D eigenvalue weighted by Gasteiger charge is 1.93. The molecule has 0 bridgehead atoms. The molecule has 1 unspecified atom stereocenters. The maximum absolute atomic E-state index is 4.29. The summed E-state index contributed by atoms with van der Waals surface area (Å²) in [6.07, 6.45) is 5.48. The number of rotatable bonds is 6. The SMILES string of the molecule is CCCCCCSC(C)S. The lowest BCUT2D eigenvalue weighted by atomic mass is 10.2. The molecule has 0 heterocycles. The van der Waals surface area contributed by atoms with Crippen LogP contribution < -0.4 is 0 Å². The molecule has 0 aliphatic carbocycles. The van der Waals surface area contributed by atoms with Gasteiger partial charge in [0, 0.05) is 4.58 Å². The summed E-state index contributed by atoms with van der Waals surface area (Å²) < 4.78 is 0.515. The number of hydrogen-bond donors (Lipinski definition) is 1. The Morgan fingerprint density at radius 1 is 1.30 bits per heavy atom. The molecular formula is C8H18S2. The highest BCUT2D eigenvalue weighted by Crippen LogP contribution is 2.15. The molecular weight excluding hydrogens is 160 g/mol. The van der Waals surface area contributed by atoms with E-state index in [4.69, 9.17) is 0 Å². The Balaban J connectivity index is 2.77. The van der Waals surface area contributed by atoms with Crippen LogP contribution in [-0.2, 0) is 0 Å². The van der Waals surface area contributed by atoms with Crippen molar-refractivity contribution in [3.8, 4) is 0 Å². The van der Waals surface area contributed by atoms with Gasteiger partial charge in [-0.05, 0) is 19.1 Å². The molecule has 10 heavy (non-hydrogen) atoms. The zero-order valence-electron chi connectivity index (χ0n) is 6.97. The van der Waals surface area contributed by atoms with E-state index in [1.54, 1.807) is 0 Å².